The molecule has 1 aliphatic carbocycles. The van der Waals surface area contributed by atoms with Gasteiger partial charge in [0.2, 0.25) is 94.5 Å². The zero-order valence-corrected chi connectivity index (χ0v) is 82.8. The summed E-state index contributed by atoms with van der Waals surface area (Å²) in [5, 5.41) is 59.3. The van der Waals surface area contributed by atoms with Crippen molar-refractivity contribution in [3.63, 3.8) is 0 Å². The third kappa shape index (κ3) is 31.5. The summed E-state index contributed by atoms with van der Waals surface area (Å²) in [6, 6.07) is -1.50. The van der Waals surface area contributed by atoms with Crippen LogP contribution in [0.5, 0.6) is 5.75 Å². The predicted octanol–water partition coefficient (Wildman–Crippen LogP) is 1.33. The van der Waals surface area contributed by atoms with E-state index in [0.717, 1.165) is 46.8 Å². The van der Waals surface area contributed by atoms with Crippen LogP contribution >= 0.6 is 11.8 Å². The number of nitrogens with zero attached hydrogens (tertiary/aromatic N) is 6. The molecule has 0 spiro atoms. The van der Waals surface area contributed by atoms with Gasteiger partial charge in [0, 0.05) is 112 Å². The van der Waals surface area contributed by atoms with Gasteiger partial charge < -0.3 is 125 Å². The summed E-state index contributed by atoms with van der Waals surface area (Å²) in [6.45, 7) is 4.41. The smallest absolute Gasteiger partial charge is 0.305 e. The number of thioether (sulfide) groups is 1. The van der Waals surface area contributed by atoms with Gasteiger partial charge in [-0.25, -0.2) is 4.98 Å². The number of aliphatic carboxylic acids is 2. The highest BCUT2D eigenvalue weighted by molar-refractivity contribution is 8.00. The van der Waals surface area contributed by atoms with E-state index in [1.165, 1.54) is 74.7 Å². The van der Waals surface area contributed by atoms with Crippen LogP contribution in [0.25, 0.3) is 21.8 Å². The van der Waals surface area contributed by atoms with Crippen molar-refractivity contribution in [1.29, 1.82) is 0 Å². The van der Waals surface area contributed by atoms with E-state index in [0.29, 0.717) is 82.4 Å². The zero-order chi connectivity index (χ0) is 104. The van der Waals surface area contributed by atoms with Crippen molar-refractivity contribution >= 4 is 140 Å². The van der Waals surface area contributed by atoms with Gasteiger partial charge in [-0.05, 0) is 150 Å². The van der Waals surface area contributed by atoms with Gasteiger partial charge >= 0.3 is 11.9 Å². The summed E-state index contributed by atoms with van der Waals surface area (Å²) >= 11 is 0.713. The Bertz CT molecular complexity index is 5420. The maximum Gasteiger partial charge on any atom is 0.305 e. The molecule has 6 aromatic rings. The molecule has 0 bridgehead atoms. The Balaban J connectivity index is 1.05. The Labute approximate surface area is 834 Å². The summed E-state index contributed by atoms with van der Waals surface area (Å²) in [5.41, 5.74) is 20.8. The van der Waals surface area contributed by atoms with Gasteiger partial charge in [0.1, 0.15) is 90.3 Å². The van der Waals surface area contributed by atoms with Crippen molar-refractivity contribution in [3.8, 4) is 5.75 Å². The maximum atomic E-state index is 16.1. The summed E-state index contributed by atoms with van der Waals surface area (Å²) in [5.74, 6) is -19.0. The first-order chi connectivity index (χ1) is 68.5. The van der Waals surface area contributed by atoms with E-state index in [1.807, 2.05) is 44.2 Å². The number of aromatic amines is 3. The highest BCUT2D eigenvalue weighted by atomic mass is 32.2. The number of unbranched alkanes of at least 4 members (excludes halogenated alkanes) is 4. The van der Waals surface area contributed by atoms with E-state index in [2.05, 4.69) is 73.1 Å². The number of carboxylic acids is 2. The fraction of sp³-hybridized carbons (Fsp3) is 0.566. The largest absolute Gasteiger partial charge is 0.508 e. The van der Waals surface area contributed by atoms with E-state index in [-0.39, 0.29) is 139 Å². The van der Waals surface area contributed by atoms with Crippen LogP contribution in [-0.4, -0.2) is 316 Å². The van der Waals surface area contributed by atoms with Crippen molar-refractivity contribution < 1.29 is 102 Å². The van der Waals surface area contributed by atoms with Crippen LogP contribution < -0.4 is 70.4 Å². The van der Waals surface area contributed by atoms with Crippen molar-refractivity contribution in [1.82, 2.24) is 97.6 Å². The number of benzene rings is 3. The van der Waals surface area contributed by atoms with Gasteiger partial charge in [-0.15, -0.1) is 11.8 Å². The number of imidazole rings is 1. The number of hydrogen-bond donors (Lipinski definition) is 19. The number of aromatic hydroxyl groups is 1. The molecule has 778 valence electrons. The summed E-state index contributed by atoms with van der Waals surface area (Å²) < 4.78 is 0. The molecule has 22 N–H and O–H groups in total. The number of hydrogen-bond acceptors (Lipinski definition) is 23. The van der Waals surface area contributed by atoms with E-state index < -0.39 is 228 Å². The first-order valence-corrected chi connectivity index (χ1v) is 50.6. The highest BCUT2D eigenvalue weighted by Crippen LogP contribution is 2.39. The van der Waals surface area contributed by atoms with E-state index in [4.69, 9.17) is 17.2 Å². The van der Waals surface area contributed by atoms with Crippen LogP contribution in [0.4, 0.5) is 0 Å². The van der Waals surface area contributed by atoms with Gasteiger partial charge in [0.15, 0.2) is 0 Å². The van der Waals surface area contributed by atoms with Crippen molar-refractivity contribution in [2.75, 3.05) is 65.4 Å². The van der Waals surface area contributed by atoms with E-state index in [9.17, 15) is 53.7 Å². The fourth-order valence-corrected chi connectivity index (χ4v) is 20.0. The predicted molar refractivity (Wildman–Crippen MR) is 529 cm³/mol. The molecule has 0 radical (unpaired) electrons. The van der Waals surface area contributed by atoms with Crippen LogP contribution in [-0.2, 0) is 112 Å². The number of H-pyrrole nitrogens is 3. The molecule has 16 amide bonds. The number of amides is 16. The molecule has 0 unspecified atom stereocenters. The van der Waals surface area contributed by atoms with Crippen molar-refractivity contribution in [2.45, 2.75) is 279 Å². The Morgan fingerprint density at radius 1 is 0.483 bits per heavy atom. The van der Waals surface area contributed by atoms with Crippen LogP contribution in [0.15, 0.2) is 97.7 Å². The normalized spacial score (nSPS) is 24.8. The van der Waals surface area contributed by atoms with Gasteiger partial charge in [0.05, 0.1) is 30.7 Å². The van der Waals surface area contributed by atoms with Crippen LogP contribution in [0.2, 0.25) is 0 Å². The number of primary amides is 1. The second kappa shape index (κ2) is 54.6. The minimum absolute atomic E-state index is 0.00524. The first kappa shape index (κ1) is 111. The number of fused-ring (bicyclic) bond motifs is 4. The quantitative estimate of drug-likeness (QED) is 0.0273. The SMILES string of the molecule is CCCC[C@H]1C(=O)N(C)[C@@H](CCCC)C(=O)N[C@@H](CCC(=O)O)C(=O)N[C@H](C(=O)NCC(N)=O)CSCC(=O)N[C@@H](Cc2ccc(O)cc2)C(=O)N(C)[C@@H](C)C(=O)N[C@@H](CC(=O)O)C(=O)N2CCC[C@H]2C(=O)N[C@@H](Cc2c[nH]cn2)C(=O)N[C@@H](CCCCN)C(=O)N2C[C@H](C3CCCCC3)C[C@H]2C(=O)N[C@@H](Cc2c[nH]c3ccccc23)C(=O)N[C@@H](CCCCN)C(=O)N[C@@H](Cc2c[nH]c3ccccc23)C(=O)N1C. The molecular weight excluding hydrogens is 1870 g/mol. The second-order valence-electron chi connectivity index (χ2n) is 37.6. The maximum absolute atomic E-state index is 16.1. The Hall–Kier alpha value is -13.5. The molecule has 1 saturated carbocycles. The van der Waals surface area contributed by atoms with Crippen LogP contribution in [0.1, 0.15) is 191 Å². The van der Waals surface area contributed by atoms with E-state index >= 15 is 47.9 Å². The molecule has 4 aliphatic rings. The average molecular weight is 2010 g/mol. The van der Waals surface area contributed by atoms with Crippen LogP contribution in [0.3, 0.4) is 0 Å². The summed E-state index contributed by atoms with van der Waals surface area (Å²) in [7, 11) is 3.90. The number of para-hydroxylation sites is 2. The van der Waals surface area contributed by atoms with Gasteiger partial charge in [-0.1, -0.05) is 120 Å². The molecule has 3 aromatic carbocycles. The Kier molecular flexibility index (Phi) is 42.6. The Morgan fingerprint density at radius 2 is 1.01 bits per heavy atom. The molecule has 10 rings (SSSR count). The Morgan fingerprint density at radius 3 is 1.61 bits per heavy atom. The molecule has 6 heterocycles. The molecule has 43 nitrogen and oxygen atoms in total. The van der Waals surface area contributed by atoms with Crippen molar-refractivity contribution in [2.24, 2.45) is 29.0 Å². The number of carboxylic acid groups (broad SMARTS) is 2. The molecule has 143 heavy (non-hydrogen) atoms. The standard InChI is InChI=1S/C99H140N22O21S/c1-7-9-31-78-92(135)110-70(38-39-84(125)126)89(132)116-77(87(130)106-52-82(102)123)54-143-55-83(124)108-74(43-58-34-36-64(122)37-35-58)95(138)117(4)57(3)86(129)114-76(48-85(127)128)98(141)120-42-22-33-79(120)93(136)113-73(47-63-51-103-56-107-63)91(134)111-71(30-19-21-41-101)97(140)121-53-62(59-23-12-11-13-24-59)46-81(121)94(137)112-72(44-60-49-104-67-27-16-14-25-65(60)67)90(133)109-69(29-18-20-40-100)88(131)115-75(45-61-50-105-68-28-17-15-26-66(61)68)96(139)119(6)80(32-10-8-2)99(142)118(78)5/h14-17,25-28,34-37,49-51,56-57,59,62,69-81,104-105,122H,7-13,18-24,29-33,38-48,52-55,100-101H2,1-6H3,(H2,102,123)(H,103,107)(H,106,130)(H,108,124)(H,109,133)(H,110,135)(H,111,134)(H,112,137)(H,113,136)(H,114,129)(H,115,131)(H,116,132)(H,125,126)(H,127,128)/t57-,62+,69-,70-,71-,72-,73-,74-,75-,76-,77-,78-,79-,80-,81-/m0/s1. The van der Waals surface area contributed by atoms with Gasteiger partial charge in [-0.3, -0.25) is 86.3 Å². The second-order valence-corrected chi connectivity index (χ2v) is 38.6. The number of aromatic nitrogens is 4. The third-order valence-corrected chi connectivity index (χ3v) is 28.4. The number of phenolic OH excluding ortho intramolecular Hbond substituents is 1. The van der Waals surface area contributed by atoms with Crippen LogP contribution in [0, 0.1) is 11.8 Å². The van der Waals surface area contributed by atoms with Gasteiger partial charge in [-0.2, -0.15) is 0 Å². The molecular formula is C99H140N22O21S. The number of carbonyl (C=O) groups excluding carboxylic acids is 16. The lowest BCUT2D eigenvalue weighted by Crippen LogP contribution is -2.61. The minimum atomic E-state index is -1.90. The summed E-state index contributed by atoms with van der Waals surface area (Å²) in [6.07, 6.45) is 10.0. The van der Waals surface area contributed by atoms with Gasteiger partial charge in [0.25, 0.3) is 0 Å². The number of phenols is 1. The molecule has 15 atom stereocenters. The lowest BCUT2D eigenvalue weighted by molar-refractivity contribution is -0.149. The number of nitrogens with one attached hydrogen (secondary N) is 13. The number of rotatable bonds is 31. The molecule has 3 saturated heterocycles. The first-order valence-electron chi connectivity index (χ1n) is 49.5. The fourth-order valence-electron chi connectivity index (χ4n) is 19.1. The lowest BCUT2D eigenvalue weighted by Gasteiger charge is -2.36. The molecule has 4 fully saturated rings. The number of nitrogens with two attached hydrogens (primary N) is 3. The number of likely N-dealkylation sites (N-methyl/N-ethyl adjacent to an activating group) is 3. The molecule has 3 aliphatic heterocycles. The number of carbonyl (C=O) groups is 18. The molecule has 44 heteroatoms. The minimum Gasteiger partial charge on any atom is -0.508 e. The third-order valence-electron chi connectivity index (χ3n) is 27.3. The average Bonchev–Trinajstić information content (AvgIpc) is 1.64. The lowest BCUT2D eigenvalue weighted by atomic mass is 9.79. The summed E-state index contributed by atoms with van der Waals surface area (Å²) in [4.78, 5) is 286. The monoisotopic (exact) mass is 2010 g/mol. The zero-order valence-electron chi connectivity index (χ0n) is 82.0. The van der Waals surface area contributed by atoms with E-state index in [1.54, 1.807) is 30.6 Å². The molecule has 3 aromatic heterocycles. The van der Waals surface area contributed by atoms with Crippen molar-refractivity contribution in [3.05, 3.63) is 120 Å². The topological polar surface area (TPSA) is 643 Å². The highest BCUT2D eigenvalue weighted by Gasteiger charge is 2.48.